The van der Waals surface area contributed by atoms with Crippen molar-refractivity contribution in [2.24, 2.45) is 5.92 Å². The number of carbonyl (C=O) groups is 1. The molecule has 2 fully saturated rings. The highest BCUT2D eigenvalue weighted by molar-refractivity contribution is 7.90. The zero-order chi connectivity index (χ0) is 32.0. The Hall–Kier alpha value is -3.28. The summed E-state index contributed by atoms with van der Waals surface area (Å²) in [4.78, 5) is 30.2. The molecule has 0 spiro atoms. The fourth-order valence-corrected chi connectivity index (χ4v) is 7.91. The summed E-state index contributed by atoms with van der Waals surface area (Å²) in [5, 5.41) is 6.68. The van der Waals surface area contributed by atoms with E-state index in [2.05, 4.69) is 72.0 Å². The molecule has 3 aliphatic heterocycles. The summed E-state index contributed by atoms with van der Waals surface area (Å²) in [6, 6.07) is 12.4. The third-order valence-corrected chi connectivity index (χ3v) is 10.7. The van der Waals surface area contributed by atoms with Crippen LogP contribution >= 0.6 is 12.4 Å². The van der Waals surface area contributed by atoms with Crippen LogP contribution in [0.2, 0.25) is 0 Å². The van der Waals surface area contributed by atoms with Gasteiger partial charge in [-0.15, -0.1) is 12.4 Å². The van der Waals surface area contributed by atoms with Crippen molar-refractivity contribution in [2.45, 2.75) is 94.7 Å². The van der Waals surface area contributed by atoms with Gasteiger partial charge in [-0.3, -0.25) is 9.78 Å². The lowest BCUT2D eigenvalue weighted by molar-refractivity contribution is 0.0981. The minimum absolute atomic E-state index is 0. The van der Waals surface area contributed by atoms with Crippen LogP contribution in [0.5, 0.6) is 0 Å². The van der Waals surface area contributed by atoms with Crippen molar-refractivity contribution in [2.75, 3.05) is 29.9 Å². The largest absolute Gasteiger partial charge is 0.362 e. The SMILES string of the molecule is CC(C)(C)c1ccc2c(n1)N1C[C@@H](CCC(c3ccc(C4CCNCC4)cn3)Nc3cccc(n3)S(=O)(=O)NC2=O)CC1(C)C.Cl. The number of hydrogen-bond donors (Lipinski definition) is 3. The number of nitrogens with zero attached hydrogens (tertiary/aromatic N) is 4. The van der Waals surface area contributed by atoms with Crippen molar-refractivity contribution < 1.29 is 13.2 Å². The van der Waals surface area contributed by atoms with Crippen molar-refractivity contribution in [1.82, 2.24) is 25.0 Å². The number of halogens is 1. The molecule has 2 atom stereocenters. The average molecular weight is 668 g/mol. The first kappa shape index (κ1) is 34.1. The molecule has 3 aromatic heterocycles. The standard InChI is InChI=1S/C34H45N7O3S.ClH/c1-33(2,3)28-14-11-25-31(38-28)41-21-22(19-34(41,4)5)9-12-27(26-13-10-24(20-36-26)23-15-17-35-18-16-23)37-29-7-6-8-30(39-29)45(43,44)40-32(25)42;/h6-8,10-11,13-14,20,22-23,27,35H,9,12,15-19,21H2,1-5H3,(H,37,39)(H,40,42);1H/t22-,27?;/m0./s1. The van der Waals surface area contributed by atoms with Crippen molar-refractivity contribution in [3.8, 4) is 0 Å². The van der Waals surface area contributed by atoms with Gasteiger partial charge in [-0.2, -0.15) is 8.42 Å². The first-order chi connectivity index (χ1) is 21.3. The molecule has 0 radical (unpaired) electrons. The Morgan fingerprint density at radius 3 is 2.41 bits per heavy atom. The van der Waals surface area contributed by atoms with Gasteiger partial charge in [0, 0.05) is 29.4 Å². The fourth-order valence-electron chi connectivity index (χ4n) is 6.97. The van der Waals surface area contributed by atoms with Crippen LogP contribution in [0, 0.1) is 5.92 Å². The van der Waals surface area contributed by atoms with Gasteiger partial charge in [0.15, 0.2) is 5.03 Å². The van der Waals surface area contributed by atoms with E-state index in [1.54, 1.807) is 18.2 Å². The molecule has 4 bridgehead atoms. The Labute approximate surface area is 279 Å². The summed E-state index contributed by atoms with van der Waals surface area (Å²) in [6.07, 6.45) is 6.82. The van der Waals surface area contributed by atoms with Crippen LogP contribution in [-0.4, -0.2) is 54.5 Å². The van der Waals surface area contributed by atoms with Crippen LogP contribution in [0.1, 0.15) is 106 Å². The third kappa shape index (κ3) is 7.16. The minimum Gasteiger partial charge on any atom is -0.362 e. The van der Waals surface area contributed by atoms with E-state index in [0.717, 1.165) is 56.6 Å². The monoisotopic (exact) mass is 667 g/mol. The number of fused-ring (bicyclic) bond motifs is 6. The van der Waals surface area contributed by atoms with Crippen LogP contribution in [-0.2, 0) is 15.4 Å². The van der Waals surface area contributed by atoms with Crippen LogP contribution < -0.4 is 20.3 Å². The summed E-state index contributed by atoms with van der Waals surface area (Å²) in [6.45, 7) is 13.3. The predicted octanol–water partition coefficient (Wildman–Crippen LogP) is 5.73. The van der Waals surface area contributed by atoms with Gasteiger partial charge in [-0.1, -0.05) is 32.9 Å². The Balaban J connectivity index is 0.00000417. The van der Waals surface area contributed by atoms with E-state index in [9.17, 15) is 13.2 Å². The molecule has 0 saturated carbocycles. The molecule has 3 aromatic rings. The molecule has 0 aromatic carbocycles. The van der Waals surface area contributed by atoms with E-state index < -0.39 is 15.9 Å². The maximum atomic E-state index is 13.7. The van der Waals surface area contributed by atoms with Gasteiger partial charge < -0.3 is 15.5 Å². The van der Waals surface area contributed by atoms with Gasteiger partial charge in [0.05, 0.1) is 17.3 Å². The third-order valence-electron chi connectivity index (χ3n) is 9.49. The number of pyridine rings is 3. The quantitative estimate of drug-likeness (QED) is 0.314. The molecule has 12 heteroatoms. The highest BCUT2D eigenvalue weighted by Crippen LogP contribution is 2.41. The summed E-state index contributed by atoms with van der Waals surface area (Å²) < 4.78 is 29.3. The normalized spacial score (nSPS) is 23.2. The van der Waals surface area contributed by atoms with Crippen molar-refractivity contribution in [3.05, 3.63) is 71.2 Å². The molecule has 10 nitrogen and oxygen atoms in total. The number of anilines is 2. The molecular weight excluding hydrogens is 622 g/mol. The van der Waals surface area contributed by atoms with E-state index in [1.807, 2.05) is 12.3 Å². The zero-order valence-electron chi connectivity index (χ0n) is 27.3. The lowest BCUT2D eigenvalue weighted by Gasteiger charge is -2.34. The molecule has 1 unspecified atom stereocenters. The Bertz CT molecular complexity index is 1670. The van der Waals surface area contributed by atoms with E-state index >= 15 is 0 Å². The molecule has 248 valence electrons. The molecule has 0 aliphatic carbocycles. The molecule has 46 heavy (non-hydrogen) atoms. The van der Waals surface area contributed by atoms with Gasteiger partial charge in [0.1, 0.15) is 11.6 Å². The molecule has 2 saturated heterocycles. The average Bonchev–Trinajstić information content (AvgIpc) is 3.32. The highest BCUT2D eigenvalue weighted by atomic mass is 35.5. The second-order valence-corrected chi connectivity index (χ2v) is 16.1. The molecule has 3 aliphatic rings. The Kier molecular flexibility index (Phi) is 9.69. The van der Waals surface area contributed by atoms with Gasteiger partial charge in [-0.05, 0) is 107 Å². The van der Waals surface area contributed by atoms with Crippen molar-refractivity contribution in [3.63, 3.8) is 0 Å². The van der Waals surface area contributed by atoms with E-state index in [4.69, 9.17) is 9.97 Å². The summed E-state index contributed by atoms with van der Waals surface area (Å²) >= 11 is 0. The van der Waals surface area contributed by atoms with E-state index in [-0.39, 0.29) is 40.0 Å². The number of amides is 1. The lowest BCUT2D eigenvalue weighted by Crippen LogP contribution is -2.41. The number of hydrogen-bond acceptors (Lipinski definition) is 9. The summed E-state index contributed by atoms with van der Waals surface area (Å²) in [7, 11) is -4.27. The summed E-state index contributed by atoms with van der Waals surface area (Å²) in [5.74, 6) is 1.06. The Morgan fingerprint density at radius 1 is 0.957 bits per heavy atom. The van der Waals surface area contributed by atoms with Crippen LogP contribution in [0.4, 0.5) is 11.6 Å². The summed E-state index contributed by atoms with van der Waals surface area (Å²) in [5.41, 5.74) is 2.69. The van der Waals surface area contributed by atoms with Crippen LogP contribution in [0.15, 0.2) is 53.7 Å². The lowest BCUT2D eigenvalue weighted by atomic mass is 9.90. The molecule has 6 rings (SSSR count). The van der Waals surface area contributed by atoms with Crippen LogP contribution in [0.3, 0.4) is 0 Å². The Morgan fingerprint density at radius 2 is 1.72 bits per heavy atom. The number of rotatable bonds is 2. The van der Waals surface area contributed by atoms with Gasteiger partial charge >= 0.3 is 0 Å². The second-order valence-electron chi connectivity index (χ2n) is 14.4. The number of sulfonamides is 1. The van der Waals surface area contributed by atoms with Gasteiger partial charge in [-0.25, -0.2) is 14.7 Å². The number of aromatic nitrogens is 3. The topological polar surface area (TPSA) is 129 Å². The van der Waals surface area contributed by atoms with Crippen molar-refractivity contribution in [1.29, 1.82) is 0 Å². The maximum absolute atomic E-state index is 13.7. The van der Waals surface area contributed by atoms with E-state index in [0.29, 0.717) is 30.0 Å². The van der Waals surface area contributed by atoms with Crippen molar-refractivity contribution >= 4 is 40.0 Å². The van der Waals surface area contributed by atoms with E-state index in [1.165, 1.54) is 11.6 Å². The highest BCUT2D eigenvalue weighted by Gasteiger charge is 2.41. The van der Waals surface area contributed by atoms with Gasteiger partial charge in [0.2, 0.25) is 0 Å². The molecule has 3 N–H and O–H groups in total. The fraction of sp³-hybridized carbons (Fsp3) is 0.529. The minimum atomic E-state index is -4.27. The molecular formula is C34H46ClN7O3S. The zero-order valence-corrected chi connectivity index (χ0v) is 29.0. The first-order valence-corrected chi connectivity index (χ1v) is 17.5. The number of nitrogens with one attached hydrogen (secondary N) is 3. The van der Waals surface area contributed by atoms with Crippen LogP contribution in [0.25, 0.3) is 0 Å². The second kappa shape index (κ2) is 13.1. The first-order valence-electron chi connectivity index (χ1n) is 16.1. The predicted molar refractivity (Wildman–Crippen MR) is 183 cm³/mol. The molecule has 6 heterocycles. The number of carbonyl (C=O) groups excluding carboxylic acids is 1. The smallest absolute Gasteiger partial charge is 0.281 e. The number of piperidine rings is 1. The maximum Gasteiger partial charge on any atom is 0.281 e. The molecule has 1 amide bonds. The van der Waals surface area contributed by atoms with Gasteiger partial charge in [0.25, 0.3) is 15.9 Å².